The van der Waals surface area contributed by atoms with Crippen LogP contribution in [-0.4, -0.2) is 50.9 Å². The first-order chi connectivity index (χ1) is 14.2. The molecule has 0 amide bonds. The summed E-state index contributed by atoms with van der Waals surface area (Å²) in [5, 5.41) is 12.1. The average Bonchev–Trinajstić information content (AvgIpc) is 3.37. The van der Waals surface area contributed by atoms with Crippen LogP contribution in [0.25, 0.3) is 0 Å². The molecule has 164 valence electrons. The normalized spacial score (nSPS) is 18.3. The molecule has 8 heteroatoms. The van der Waals surface area contributed by atoms with Gasteiger partial charge >= 0.3 is 0 Å². The van der Waals surface area contributed by atoms with E-state index in [1.165, 1.54) is 25.7 Å². The third-order valence-electron chi connectivity index (χ3n) is 6.03. The van der Waals surface area contributed by atoms with Crippen LogP contribution in [0.1, 0.15) is 50.2 Å². The lowest BCUT2D eigenvalue weighted by Gasteiger charge is -2.35. The number of benzene rings is 1. The minimum Gasteiger partial charge on any atom is -0.490 e. The van der Waals surface area contributed by atoms with E-state index in [1.54, 1.807) is 0 Å². The molecule has 1 N–H and O–H groups in total. The second-order valence-corrected chi connectivity index (χ2v) is 8.11. The molecule has 2 heterocycles. The molecule has 2 aliphatic rings. The molecule has 2 aromatic rings. The van der Waals surface area contributed by atoms with E-state index >= 15 is 0 Å². The minimum absolute atomic E-state index is 0. The van der Waals surface area contributed by atoms with Gasteiger partial charge in [-0.05, 0) is 31.9 Å². The Morgan fingerprint density at radius 2 is 1.80 bits per heavy atom. The molecule has 1 aromatic carbocycles. The number of aryl methyl sites for hydroxylation is 1. The van der Waals surface area contributed by atoms with Crippen molar-refractivity contribution in [2.24, 2.45) is 12.0 Å². The Balaban J connectivity index is 0.00000256. The second-order valence-electron chi connectivity index (χ2n) is 8.11. The van der Waals surface area contributed by atoms with E-state index in [0.29, 0.717) is 12.6 Å². The number of piperidine rings is 1. The highest BCUT2D eigenvalue weighted by molar-refractivity contribution is 14.0. The fourth-order valence-corrected chi connectivity index (χ4v) is 4.10. The maximum absolute atomic E-state index is 6.16. The largest absolute Gasteiger partial charge is 0.490 e. The number of likely N-dealkylation sites (tertiary alicyclic amines) is 1. The Labute approximate surface area is 196 Å². The van der Waals surface area contributed by atoms with Gasteiger partial charge in [-0.1, -0.05) is 31.0 Å². The van der Waals surface area contributed by atoms with Crippen molar-refractivity contribution in [3.05, 3.63) is 42.0 Å². The van der Waals surface area contributed by atoms with Crippen molar-refractivity contribution in [2.45, 2.75) is 64.1 Å². The van der Waals surface area contributed by atoms with Crippen LogP contribution in [0.5, 0.6) is 5.75 Å². The quantitative estimate of drug-likeness (QED) is 0.368. The van der Waals surface area contributed by atoms with Gasteiger partial charge < -0.3 is 19.5 Å². The van der Waals surface area contributed by atoms with Gasteiger partial charge in [0.15, 0.2) is 11.8 Å². The van der Waals surface area contributed by atoms with Crippen LogP contribution in [0.3, 0.4) is 0 Å². The third kappa shape index (κ3) is 5.86. The summed E-state index contributed by atoms with van der Waals surface area (Å²) in [5.74, 6) is 3.78. The second kappa shape index (κ2) is 11.0. The lowest BCUT2D eigenvalue weighted by atomic mass is 10.1. The Morgan fingerprint density at radius 1 is 1.10 bits per heavy atom. The SMILES string of the molecule is Cc1nnc(CN=C(NC2CCCC2)N2CCC(Oc3ccccc3)CC2)n1C.I. The molecule has 0 atom stereocenters. The molecule has 30 heavy (non-hydrogen) atoms. The lowest BCUT2D eigenvalue weighted by Crippen LogP contribution is -2.49. The minimum atomic E-state index is 0. The van der Waals surface area contributed by atoms with Crippen molar-refractivity contribution >= 4 is 29.9 Å². The Kier molecular flexibility index (Phi) is 8.35. The number of hydrogen-bond donors (Lipinski definition) is 1. The monoisotopic (exact) mass is 524 g/mol. The fraction of sp³-hybridized carbons (Fsp3) is 0.591. The summed E-state index contributed by atoms with van der Waals surface area (Å²) in [6.45, 7) is 4.42. The van der Waals surface area contributed by atoms with Gasteiger partial charge in [-0.2, -0.15) is 0 Å². The highest BCUT2D eigenvalue weighted by Gasteiger charge is 2.25. The number of aliphatic imine (C=N–C) groups is 1. The molecule has 0 radical (unpaired) electrons. The molecule has 0 spiro atoms. The number of rotatable bonds is 5. The van der Waals surface area contributed by atoms with E-state index in [1.807, 2.05) is 48.9 Å². The van der Waals surface area contributed by atoms with Crippen LogP contribution in [0.15, 0.2) is 35.3 Å². The molecule has 1 aromatic heterocycles. The third-order valence-corrected chi connectivity index (χ3v) is 6.03. The predicted octanol–water partition coefficient (Wildman–Crippen LogP) is 3.67. The lowest BCUT2D eigenvalue weighted by molar-refractivity contribution is 0.129. The molecule has 1 saturated heterocycles. The van der Waals surface area contributed by atoms with Crippen LogP contribution in [0.4, 0.5) is 0 Å². The van der Waals surface area contributed by atoms with Crippen LogP contribution in [-0.2, 0) is 13.6 Å². The Bertz CT molecular complexity index is 810. The summed E-state index contributed by atoms with van der Waals surface area (Å²) < 4.78 is 8.17. The van der Waals surface area contributed by atoms with E-state index in [9.17, 15) is 0 Å². The number of guanidine groups is 1. The van der Waals surface area contributed by atoms with Crippen LogP contribution in [0.2, 0.25) is 0 Å². The van der Waals surface area contributed by atoms with Gasteiger partial charge in [0.05, 0.1) is 0 Å². The summed E-state index contributed by atoms with van der Waals surface area (Å²) in [7, 11) is 2.00. The van der Waals surface area contributed by atoms with Crippen LogP contribution in [0, 0.1) is 6.92 Å². The highest BCUT2D eigenvalue weighted by atomic mass is 127. The number of nitrogens with one attached hydrogen (secondary N) is 1. The predicted molar refractivity (Wildman–Crippen MR) is 129 cm³/mol. The zero-order valence-corrected chi connectivity index (χ0v) is 20.3. The van der Waals surface area contributed by atoms with Crippen molar-refractivity contribution in [1.82, 2.24) is 25.0 Å². The van der Waals surface area contributed by atoms with Gasteiger partial charge in [0.1, 0.15) is 24.2 Å². The number of ether oxygens (including phenoxy) is 1. The first-order valence-corrected chi connectivity index (χ1v) is 10.8. The molecule has 1 aliphatic carbocycles. The molecule has 0 unspecified atom stereocenters. The Morgan fingerprint density at radius 3 is 2.43 bits per heavy atom. The maximum Gasteiger partial charge on any atom is 0.194 e. The van der Waals surface area contributed by atoms with Crippen molar-refractivity contribution in [3.63, 3.8) is 0 Å². The van der Waals surface area contributed by atoms with Crippen molar-refractivity contribution in [2.75, 3.05) is 13.1 Å². The maximum atomic E-state index is 6.16. The van der Waals surface area contributed by atoms with Gasteiger partial charge in [0, 0.05) is 39.0 Å². The van der Waals surface area contributed by atoms with Crippen molar-refractivity contribution in [3.8, 4) is 5.75 Å². The highest BCUT2D eigenvalue weighted by Crippen LogP contribution is 2.21. The van der Waals surface area contributed by atoms with Gasteiger partial charge in [0.25, 0.3) is 0 Å². The van der Waals surface area contributed by atoms with E-state index in [4.69, 9.17) is 9.73 Å². The number of nitrogens with zero attached hydrogens (tertiary/aromatic N) is 5. The summed E-state index contributed by atoms with van der Waals surface area (Å²) >= 11 is 0. The summed E-state index contributed by atoms with van der Waals surface area (Å²) in [6, 6.07) is 10.7. The van der Waals surface area contributed by atoms with Crippen molar-refractivity contribution in [1.29, 1.82) is 0 Å². The number of para-hydroxylation sites is 1. The van der Waals surface area contributed by atoms with Gasteiger partial charge in [0.2, 0.25) is 0 Å². The standard InChI is InChI=1S/C22H32N6O.HI/c1-17-25-26-21(27(17)2)16-23-22(24-18-8-6-7-9-18)28-14-12-20(13-15-28)29-19-10-4-3-5-11-19;/h3-5,10-11,18,20H,6-9,12-16H2,1-2H3,(H,23,24);1H. The number of halogens is 1. The number of aromatic nitrogens is 3. The van der Waals surface area contributed by atoms with E-state index < -0.39 is 0 Å². The first kappa shape index (κ1) is 22.8. The van der Waals surface area contributed by atoms with Gasteiger partial charge in [-0.3, -0.25) is 0 Å². The zero-order valence-electron chi connectivity index (χ0n) is 18.0. The molecule has 2 fully saturated rings. The topological polar surface area (TPSA) is 67.6 Å². The van der Waals surface area contributed by atoms with Crippen molar-refractivity contribution < 1.29 is 4.74 Å². The van der Waals surface area contributed by atoms with Gasteiger partial charge in [-0.15, -0.1) is 34.2 Å². The molecular weight excluding hydrogens is 491 g/mol. The molecule has 1 aliphatic heterocycles. The zero-order chi connectivity index (χ0) is 20.1. The summed E-state index contributed by atoms with van der Waals surface area (Å²) in [5.41, 5.74) is 0. The smallest absolute Gasteiger partial charge is 0.194 e. The molecule has 1 saturated carbocycles. The summed E-state index contributed by atoms with van der Waals surface area (Å²) in [4.78, 5) is 7.31. The van der Waals surface area contributed by atoms with Crippen LogP contribution >= 0.6 is 24.0 Å². The molecule has 4 rings (SSSR count). The Hall–Kier alpha value is -1.84. The fourth-order valence-electron chi connectivity index (χ4n) is 4.10. The van der Waals surface area contributed by atoms with E-state index in [-0.39, 0.29) is 30.1 Å². The summed E-state index contributed by atoms with van der Waals surface area (Å²) in [6.07, 6.45) is 7.35. The number of hydrogen-bond acceptors (Lipinski definition) is 4. The first-order valence-electron chi connectivity index (χ1n) is 10.8. The average molecular weight is 524 g/mol. The van der Waals surface area contributed by atoms with E-state index in [2.05, 4.69) is 20.4 Å². The molecule has 7 nitrogen and oxygen atoms in total. The molecular formula is C22H33IN6O. The van der Waals surface area contributed by atoms with Crippen LogP contribution < -0.4 is 10.1 Å². The van der Waals surface area contributed by atoms with Gasteiger partial charge in [-0.25, -0.2) is 4.99 Å². The van der Waals surface area contributed by atoms with E-state index in [0.717, 1.165) is 49.3 Å². The molecule has 0 bridgehead atoms.